The summed E-state index contributed by atoms with van der Waals surface area (Å²) in [4.78, 5) is 16.8. The number of amides is 1. The molecule has 0 radical (unpaired) electrons. The van der Waals surface area contributed by atoms with Crippen LogP contribution in [-0.4, -0.2) is 43.8 Å². The summed E-state index contributed by atoms with van der Waals surface area (Å²) >= 11 is 0. The predicted octanol–water partition coefficient (Wildman–Crippen LogP) is 3.87. The van der Waals surface area contributed by atoms with Gasteiger partial charge in [0, 0.05) is 30.2 Å². The Morgan fingerprint density at radius 2 is 1.81 bits per heavy atom. The van der Waals surface area contributed by atoms with Crippen LogP contribution in [0.5, 0.6) is 0 Å². The molecule has 0 aliphatic carbocycles. The van der Waals surface area contributed by atoms with Crippen molar-refractivity contribution in [2.75, 3.05) is 19.6 Å². The van der Waals surface area contributed by atoms with Crippen LogP contribution in [0.2, 0.25) is 0 Å². The van der Waals surface area contributed by atoms with Crippen LogP contribution in [0.3, 0.4) is 0 Å². The Labute approximate surface area is 183 Å². The number of carbonyl (C=O) groups is 1. The number of para-hydroxylation sites is 1. The van der Waals surface area contributed by atoms with Gasteiger partial charge in [0.1, 0.15) is 0 Å². The van der Waals surface area contributed by atoms with Crippen LogP contribution in [0.15, 0.2) is 59.6 Å². The number of aromatic nitrogens is 1. The zero-order valence-electron chi connectivity index (χ0n) is 17.0. The lowest BCUT2D eigenvalue weighted by atomic mass is 9.89. The lowest BCUT2D eigenvalue weighted by Crippen LogP contribution is -2.43. The maximum atomic E-state index is 12.9. The van der Waals surface area contributed by atoms with E-state index in [0.29, 0.717) is 19.2 Å². The van der Waals surface area contributed by atoms with Crippen LogP contribution < -0.4 is 4.72 Å². The number of hydrogen-bond donors (Lipinski definition) is 2. The van der Waals surface area contributed by atoms with Crippen molar-refractivity contribution in [2.24, 2.45) is 0 Å². The number of carbonyl (C=O) groups excluding carboxylic acids is 1. The number of aromatic amines is 1. The third kappa shape index (κ3) is 4.66. The van der Waals surface area contributed by atoms with Crippen molar-refractivity contribution in [1.82, 2.24) is 14.6 Å². The minimum absolute atomic E-state index is 0.289. The van der Waals surface area contributed by atoms with Crippen molar-refractivity contribution in [3.63, 3.8) is 0 Å². The molecule has 32 heavy (non-hydrogen) atoms. The number of alkyl halides is 3. The fourth-order valence-corrected chi connectivity index (χ4v) is 5.08. The molecule has 2 aromatic carbocycles. The van der Waals surface area contributed by atoms with E-state index in [2.05, 4.69) is 15.8 Å². The third-order valence-electron chi connectivity index (χ3n) is 5.79. The van der Waals surface area contributed by atoms with Crippen molar-refractivity contribution in [3.05, 3.63) is 65.9 Å². The highest BCUT2D eigenvalue weighted by Crippen LogP contribution is 2.33. The van der Waals surface area contributed by atoms with Gasteiger partial charge in [0.05, 0.1) is 17.0 Å². The number of fused-ring (bicyclic) bond motifs is 1. The van der Waals surface area contributed by atoms with Crippen molar-refractivity contribution < 1.29 is 26.4 Å². The van der Waals surface area contributed by atoms with Crippen molar-refractivity contribution in [2.45, 2.75) is 29.8 Å². The number of rotatable bonds is 5. The Kier molecular flexibility index (Phi) is 6.00. The molecule has 1 aromatic heterocycles. The predicted molar refractivity (Wildman–Crippen MR) is 113 cm³/mol. The molecule has 1 aliphatic rings. The molecule has 0 unspecified atom stereocenters. The van der Waals surface area contributed by atoms with E-state index in [-0.39, 0.29) is 5.92 Å². The standard InChI is InChI=1S/C22H22F3N3O3S/c23-22(24,25)16-4-3-5-17(12-16)32(30,31)27-14-21(29)28-10-8-15(9-11-28)19-13-26-20-7-2-1-6-18(19)20/h1-7,12-13,15,26-27H,8-11,14H2. The van der Waals surface area contributed by atoms with Gasteiger partial charge in [0.15, 0.2) is 0 Å². The first-order chi connectivity index (χ1) is 15.1. The number of piperidine rings is 1. The van der Waals surface area contributed by atoms with Crippen molar-refractivity contribution >= 4 is 26.8 Å². The summed E-state index contributed by atoms with van der Waals surface area (Å²) in [5.41, 5.74) is 1.20. The molecule has 1 fully saturated rings. The minimum atomic E-state index is -4.66. The molecule has 4 rings (SSSR count). The van der Waals surface area contributed by atoms with E-state index < -0.39 is 39.1 Å². The van der Waals surface area contributed by atoms with Crippen molar-refractivity contribution in [3.8, 4) is 0 Å². The monoisotopic (exact) mass is 465 g/mol. The van der Waals surface area contributed by atoms with Gasteiger partial charge in [-0.2, -0.15) is 13.2 Å². The molecule has 2 N–H and O–H groups in total. The molecule has 170 valence electrons. The van der Waals surface area contributed by atoms with Crippen LogP contribution >= 0.6 is 0 Å². The largest absolute Gasteiger partial charge is 0.416 e. The lowest BCUT2D eigenvalue weighted by molar-refractivity contribution is -0.137. The van der Waals surface area contributed by atoms with Gasteiger partial charge in [-0.1, -0.05) is 24.3 Å². The number of benzene rings is 2. The highest BCUT2D eigenvalue weighted by atomic mass is 32.2. The number of sulfonamides is 1. The van der Waals surface area contributed by atoms with E-state index in [1.165, 1.54) is 5.56 Å². The van der Waals surface area contributed by atoms with Gasteiger partial charge in [-0.15, -0.1) is 0 Å². The Bertz CT molecular complexity index is 1230. The molecule has 0 atom stereocenters. The second-order valence-electron chi connectivity index (χ2n) is 7.79. The first kappa shape index (κ1) is 22.3. The summed E-state index contributed by atoms with van der Waals surface area (Å²) < 4.78 is 65.4. The zero-order chi connectivity index (χ0) is 22.9. The quantitative estimate of drug-likeness (QED) is 0.600. The van der Waals surface area contributed by atoms with Gasteiger partial charge in [0.25, 0.3) is 0 Å². The molecule has 10 heteroatoms. The first-order valence-corrected chi connectivity index (χ1v) is 11.6. The summed E-state index contributed by atoms with van der Waals surface area (Å²) in [5, 5.41) is 1.16. The van der Waals surface area contributed by atoms with E-state index in [1.54, 1.807) is 4.90 Å². The second-order valence-corrected chi connectivity index (χ2v) is 9.56. The van der Waals surface area contributed by atoms with Crippen LogP contribution in [0, 0.1) is 0 Å². The Morgan fingerprint density at radius 3 is 2.53 bits per heavy atom. The Balaban J connectivity index is 1.35. The lowest BCUT2D eigenvalue weighted by Gasteiger charge is -2.32. The highest BCUT2D eigenvalue weighted by molar-refractivity contribution is 7.89. The summed E-state index contributed by atoms with van der Waals surface area (Å²) in [6.07, 6.45) is -1.17. The van der Waals surface area contributed by atoms with Crippen LogP contribution in [0.25, 0.3) is 10.9 Å². The summed E-state index contributed by atoms with van der Waals surface area (Å²) in [7, 11) is -4.25. The molecule has 6 nitrogen and oxygen atoms in total. The molecular formula is C22H22F3N3O3S. The maximum Gasteiger partial charge on any atom is 0.416 e. The Morgan fingerprint density at radius 1 is 1.09 bits per heavy atom. The average Bonchev–Trinajstić information content (AvgIpc) is 3.21. The number of nitrogens with one attached hydrogen (secondary N) is 2. The zero-order valence-corrected chi connectivity index (χ0v) is 17.8. The SMILES string of the molecule is O=C(CNS(=O)(=O)c1cccc(C(F)(F)F)c1)N1CCC(c2c[nH]c3ccccc23)CC1. The molecule has 2 heterocycles. The minimum Gasteiger partial charge on any atom is -0.361 e. The Hall–Kier alpha value is -2.85. The van der Waals surface area contributed by atoms with E-state index in [1.807, 2.05) is 24.4 Å². The third-order valence-corrected chi connectivity index (χ3v) is 7.19. The summed E-state index contributed by atoms with van der Waals surface area (Å²) in [5.74, 6) is -0.116. The molecule has 0 bridgehead atoms. The molecule has 3 aromatic rings. The smallest absolute Gasteiger partial charge is 0.361 e. The van der Waals surface area contributed by atoms with E-state index >= 15 is 0 Å². The van der Waals surface area contributed by atoms with E-state index in [4.69, 9.17) is 0 Å². The number of hydrogen-bond acceptors (Lipinski definition) is 3. The topological polar surface area (TPSA) is 82.3 Å². The van der Waals surface area contributed by atoms with Gasteiger partial charge in [-0.05, 0) is 48.6 Å². The number of H-pyrrole nitrogens is 1. The molecule has 1 saturated heterocycles. The van der Waals surface area contributed by atoms with Gasteiger partial charge in [-0.3, -0.25) is 4.79 Å². The van der Waals surface area contributed by atoms with Gasteiger partial charge in [-0.25, -0.2) is 13.1 Å². The van der Waals surface area contributed by atoms with E-state index in [0.717, 1.165) is 41.9 Å². The first-order valence-electron chi connectivity index (χ1n) is 10.2. The van der Waals surface area contributed by atoms with Gasteiger partial charge < -0.3 is 9.88 Å². The average molecular weight is 465 g/mol. The van der Waals surface area contributed by atoms with Gasteiger partial charge >= 0.3 is 6.18 Å². The number of halogens is 3. The molecule has 1 aliphatic heterocycles. The fraction of sp³-hybridized carbons (Fsp3) is 0.318. The second kappa shape index (κ2) is 8.59. The highest BCUT2D eigenvalue weighted by Gasteiger charge is 2.32. The molecule has 0 saturated carbocycles. The maximum absolute atomic E-state index is 12.9. The normalized spacial score (nSPS) is 15.9. The van der Waals surface area contributed by atoms with Crippen LogP contribution in [-0.2, 0) is 21.0 Å². The van der Waals surface area contributed by atoms with Crippen molar-refractivity contribution in [1.29, 1.82) is 0 Å². The molecule has 1 amide bonds. The molecular weight excluding hydrogens is 443 g/mol. The molecule has 0 spiro atoms. The summed E-state index contributed by atoms with van der Waals surface area (Å²) in [6.45, 7) is 0.457. The van der Waals surface area contributed by atoms with Crippen LogP contribution in [0.4, 0.5) is 13.2 Å². The number of likely N-dealkylation sites (tertiary alicyclic amines) is 1. The number of nitrogens with zero attached hydrogens (tertiary/aromatic N) is 1. The van der Waals surface area contributed by atoms with E-state index in [9.17, 15) is 26.4 Å². The van der Waals surface area contributed by atoms with Crippen LogP contribution in [0.1, 0.15) is 29.9 Å². The summed E-state index contributed by atoms with van der Waals surface area (Å²) in [6, 6.07) is 11.4. The fourth-order valence-electron chi connectivity index (χ4n) is 4.06. The van der Waals surface area contributed by atoms with Gasteiger partial charge in [0.2, 0.25) is 15.9 Å².